The van der Waals surface area contributed by atoms with E-state index in [9.17, 15) is 4.79 Å². The van der Waals surface area contributed by atoms with Gasteiger partial charge in [0.1, 0.15) is 5.65 Å². The molecule has 1 aliphatic carbocycles. The van der Waals surface area contributed by atoms with Crippen LogP contribution in [-0.2, 0) is 0 Å². The SMILES string of the molecule is NC(=O)c1cccn2cc(C3CCC(N)CC3)nc12. The summed E-state index contributed by atoms with van der Waals surface area (Å²) in [6.45, 7) is 0. The van der Waals surface area contributed by atoms with Crippen molar-refractivity contribution in [3.63, 3.8) is 0 Å². The molecule has 0 spiro atoms. The van der Waals surface area contributed by atoms with Gasteiger partial charge < -0.3 is 15.9 Å². The Morgan fingerprint density at radius 1 is 1.32 bits per heavy atom. The second-order valence-electron chi connectivity index (χ2n) is 5.29. The Morgan fingerprint density at radius 2 is 2.05 bits per heavy atom. The lowest BCUT2D eigenvalue weighted by Gasteiger charge is -2.24. The molecule has 0 radical (unpaired) electrons. The van der Waals surface area contributed by atoms with Crippen molar-refractivity contribution in [2.24, 2.45) is 11.5 Å². The van der Waals surface area contributed by atoms with E-state index in [2.05, 4.69) is 4.98 Å². The molecular weight excluding hydrogens is 240 g/mol. The number of primary amides is 1. The number of carbonyl (C=O) groups excluding carboxylic acids is 1. The van der Waals surface area contributed by atoms with Gasteiger partial charge in [0.25, 0.3) is 5.91 Å². The molecule has 0 aliphatic heterocycles. The first-order valence-corrected chi connectivity index (χ1v) is 6.68. The monoisotopic (exact) mass is 258 g/mol. The molecule has 0 saturated heterocycles. The fourth-order valence-electron chi connectivity index (χ4n) is 2.84. The van der Waals surface area contributed by atoms with Gasteiger partial charge >= 0.3 is 0 Å². The second-order valence-corrected chi connectivity index (χ2v) is 5.29. The number of hydrogen-bond donors (Lipinski definition) is 2. The zero-order valence-electron chi connectivity index (χ0n) is 10.7. The van der Waals surface area contributed by atoms with Gasteiger partial charge in [0.15, 0.2) is 0 Å². The molecule has 1 fully saturated rings. The first-order valence-electron chi connectivity index (χ1n) is 6.68. The number of fused-ring (bicyclic) bond motifs is 1. The highest BCUT2D eigenvalue weighted by Crippen LogP contribution is 2.32. The van der Waals surface area contributed by atoms with Crippen molar-refractivity contribution in [2.45, 2.75) is 37.6 Å². The van der Waals surface area contributed by atoms with Gasteiger partial charge in [0.05, 0.1) is 11.3 Å². The average molecular weight is 258 g/mol. The quantitative estimate of drug-likeness (QED) is 0.854. The molecule has 1 amide bonds. The minimum atomic E-state index is -0.437. The van der Waals surface area contributed by atoms with Crippen LogP contribution in [-0.4, -0.2) is 21.3 Å². The molecular formula is C14H18N4O. The number of amides is 1. The molecule has 2 heterocycles. The van der Waals surface area contributed by atoms with Gasteiger partial charge in [-0.15, -0.1) is 0 Å². The number of pyridine rings is 1. The van der Waals surface area contributed by atoms with Crippen LogP contribution in [0.1, 0.15) is 47.7 Å². The molecule has 1 saturated carbocycles. The molecule has 1 aliphatic rings. The third-order valence-electron chi connectivity index (χ3n) is 3.96. The lowest BCUT2D eigenvalue weighted by Crippen LogP contribution is -2.25. The summed E-state index contributed by atoms with van der Waals surface area (Å²) >= 11 is 0. The van der Waals surface area contributed by atoms with E-state index in [1.54, 1.807) is 6.07 Å². The predicted octanol–water partition coefficient (Wildman–Crippen LogP) is 1.42. The van der Waals surface area contributed by atoms with Crippen LogP contribution in [0.15, 0.2) is 24.5 Å². The van der Waals surface area contributed by atoms with E-state index < -0.39 is 5.91 Å². The summed E-state index contributed by atoms with van der Waals surface area (Å²) in [5.41, 5.74) is 13.5. The van der Waals surface area contributed by atoms with Crippen molar-refractivity contribution >= 4 is 11.6 Å². The number of rotatable bonds is 2. The molecule has 0 aromatic carbocycles. The highest BCUT2D eigenvalue weighted by atomic mass is 16.1. The third kappa shape index (κ3) is 2.21. The predicted molar refractivity (Wildman–Crippen MR) is 72.9 cm³/mol. The van der Waals surface area contributed by atoms with Crippen LogP contribution in [0.2, 0.25) is 0 Å². The molecule has 2 aromatic heterocycles. The summed E-state index contributed by atoms with van der Waals surface area (Å²) in [4.78, 5) is 16.0. The summed E-state index contributed by atoms with van der Waals surface area (Å²) in [5, 5.41) is 0. The molecule has 0 unspecified atom stereocenters. The maximum absolute atomic E-state index is 11.4. The Morgan fingerprint density at radius 3 is 2.74 bits per heavy atom. The lowest BCUT2D eigenvalue weighted by atomic mass is 9.85. The molecule has 0 atom stereocenters. The summed E-state index contributed by atoms with van der Waals surface area (Å²) in [5.74, 6) is 0.00819. The van der Waals surface area contributed by atoms with Gasteiger partial charge in [-0.2, -0.15) is 0 Å². The van der Waals surface area contributed by atoms with Crippen LogP contribution in [0.5, 0.6) is 0 Å². The van der Waals surface area contributed by atoms with Crippen molar-refractivity contribution in [3.05, 3.63) is 35.8 Å². The van der Waals surface area contributed by atoms with Gasteiger partial charge in [0, 0.05) is 24.4 Å². The first kappa shape index (κ1) is 12.2. The minimum absolute atomic E-state index is 0.328. The average Bonchev–Trinajstić information content (AvgIpc) is 2.82. The zero-order chi connectivity index (χ0) is 13.4. The Bertz CT molecular complexity index is 611. The minimum Gasteiger partial charge on any atom is -0.365 e. The van der Waals surface area contributed by atoms with E-state index in [1.165, 1.54) is 0 Å². The van der Waals surface area contributed by atoms with Gasteiger partial charge in [0.2, 0.25) is 0 Å². The van der Waals surface area contributed by atoms with Gasteiger partial charge in [-0.3, -0.25) is 4.79 Å². The first-order chi connectivity index (χ1) is 9.15. The van der Waals surface area contributed by atoms with Gasteiger partial charge in [-0.05, 0) is 37.8 Å². The van der Waals surface area contributed by atoms with Crippen molar-refractivity contribution < 1.29 is 4.79 Å². The van der Waals surface area contributed by atoms with Crippen LogP contribution in [0.4, 0.5) is 0 Å². The normalized spacial score (nSPS) is 23.6. The number of nitrogens with two attached hydrogens (primary N) is 2. The third-order valence-corrected chi connectivity index (χ3v) is 3.96. The Balaban J connectivity index is 1.98. The van der Waals surface area contributed by atoms with Crippen LogP contribution in [0.25, 0.3) is 5.65 Å². The fraction of sp³-hybridized carbons (Fsp3) is 0.429. The molecule has 5 heteroatoms. The Kier molecular flexibility index (Phi) is 2.98. The molecule has 100 valence electrons. The number of carbonyl (C=O) groups is 1. The van der Waals surface area contributed by atoms with E-state index in [0.717, 1.165) is 31.4 Å². The summed E-state index contributed by atoms with van der Waals surface area (Å²) < 4.78 is 1.88. The van der Waals surface area contributed by atoms with Crippen LogP contribution < -0.4 is 11.5 Å². The number of aromatic nitrogens is 2. The number of hydrogen-bond acceptors (Lipinski definition) is 3. The van der Waals surface area contributed by atoms with E-state index in [-0.39, 0.29) is 0 Å². The smallest absolute Gasteiger partial charge is 0.252 e. The van der Waals surface area contributed by atoms with Gasteiger partial charge in [-0.25, -0.2) is 4.98 Å². The zero-order valence-corrected chi connectivity index (χ0v) is 10.7. The molecule has 2 aromatic rings. The van der Waals surface area contributed by atoms with E-state index in [1.807, 2.05) is 22.9 Å². The highest BCUT2D eigenvalue weighted by Gasteiger charge is 2.22. The Hall–Kier alpha value is -1.88. The van der Waals surface area contributed by atoms with Gasteiger partial charge in [-0.1, -0.05) is 0 Å². The molecule has 0 bridgehead atoms. The second kappa shape index (κ2) is 4.66. The maximum Gasteiger partial charge on any atom is 0.252 e. The molecule has 4 N–H and O–H groups in total. The number of nitrogens with zero attached hydrogens (tertiary/aromatic N) is 2. The van der Waals surface area contributed by atoms with E-state index >= 15 is 0 Å². The lowest BCUT2D eigenvalue weighted by molar-refractivity contribution is 0.100. The van der Waals surface area contributed by atoms with E-state index in [0.29, 0.717) is 23.2 Å². The maximum atomic E-state index is 11.4. The summed E-state index contributed by atoms with van der Waals surface area (Å²) in [7, 11) is 0. The molecule has 5 nitrogen and oxygen atoms in total. The van der Waals surface area contributed by atoms with Crippen molar-refractivity contribution in [2.75, 3.05) is 0 Å². The van der Waals surface area contributed by atoms with E-state index in [4.69, 9.17) is 11.5 Å². The molecule has 3 rings (SSSR count). The van der Waals surface area contributed by atoms with Crippen LogP contribution in [0.3, 0.4) is 0 Å². The fourth-order valence-corrected chi connectivity index (χ4v) is 2.84. The van der Waals surface area contributed by atoms with Crippen molar-refractivity contribution in [3.8, 4) is 0 Å². The molecule has 19 heavy (non-hydrogen) atoms. The van der Waals surface area contributed by atoms with Crippen LogP contribution >= 0.6 is 0 Å². The van der Waals surface area contributed by atoms with Crippen molar-refractivity contribution in [1.29, 1.82) is 0 Å². The largest absolute Gasteiger partial charge is 0.365 e. The van der Waals surface area contributed by atoms with Crippen molar-refractivity contribution in [1.82, 2.24) is 9.38 Å². The summed E-state index contributed by atoms with van der Waals surface area (Å²) in [6.07, 6.45) is 8.12. The van der Waals surface area contributed by atoms with Crippen LogP contribution in [0, 0.1) is 0 Å². The highest BCUT2D eigenvalue weighted by molar-refractivity contribution is 5.98. The Labute approximate surface area is 111 Å². The topological polar surface area (TPSA) is 86.4 Å². The standard InChI is InChI=1S/C14H18N4O/c15-10-5-3-9(4-6-10)12-8-18-7-1-2-11(13(16)19)14(18)17-12/h1-2,7-10H,3-6,15H2,(H2,16,19). The number of imidazole rings is 1. The summed E-state index contributed by atoms with van der Waals surface area (Å²) in [6, 6.07) is 3.86.